The highest BCUT2D eigenvalue weighted by molar-refractivity contribution is 9.10. The van der Waals surface area contributed by atoms with Crippen LogP contribution in [0.3, 0.4) is 0 Å². The van der Waals surface area contributed by atoms with Gasteiger partial charge in [-0.3, -0.25) is 4.79 Å². The molecular formula is C13H14BrFN4O. The van der Waals surface area contributed by atoms with Gasteiger partial charge in [-0.05, 0) is 47.0 Å². The zero-order valence-electron chi connectivity index (χ0n) is 10.9. The van der Waals surface area contributed by atoms with Gasteiger partial charge in [0, 0.05) is 6.54 Å². The molecule has 106 valence electrons. The number of hydrogen-bond acceptors (Lipinski definition) is 3. The average molecular weight is 341 g/mol. The molecule has 7 heteroatoms. The van der Waals surface area contributed by atoms with E-state index in [9.17, 15) is 9.18 Å². The summed E-state index contributed by atoms with van der Waals surface area (Å²) in [6.07, 6.45) is 3.52. The Morgan fingerprint density at radius 1 is 1.55 bits per heavy atom. The fraction of sp³-hybridized carbons (Fsp3) is 0.308. The van der Waals surface area contributed by atoms with Crippen molar-refractivity contribution in [3.8, 4) is 0 Å². The summed E-state index contributed by atoms with van der Waals surface area (Å²) in [5.74, 6) is -0.422. The highest BCUT2D eigenvalue weighted by Gasteiger charge is 2.14. The lowest BCUT2D eigenvalue weighted by Gasteiger charge is -2.12. The maximum absolute atomic E-state index is 13.1. The number of amides is 1. The van der Waals surface area contributed by atoms with Crippen LogP contribution >= 0.6 is 15.9 Å². The van der Waals surface area contributed by atoms with Crippen molar-refractivity contribution < 1.29 is 9.18 Å². The summed E-state index contributed by atoms with van der Waals surface area (Å²) in [6, 6.07) is 4.41. The number of carbonyl (C=O) groups excluding carboxylic acids is 1. The SMILES string of the molecule is C[C@H](C(=O)NCCc1ccc(F)c(Br)c1)n1cncn1. The van der Waals surface area contributed by atoms with Crippen LogP contribution in [0.4, 0.5) is 4.39 Å². The van der Waals surface area contributed by atoms with E-state index in [1.54, 1.807) is 19.1 Å². The molecule has 2 aromatic rings. The molecule has 1 aromatic carbocycles. The Hall–Kier alpha value is -1.76. The molecule has 0 saturated carbocycles. The van der Waals surface area contributed by atoms with Crippen molar-refractivity contribution in [1.29, 1.82) is 0 Å². The van der Waals surface area contributed by atoms with Gasteiger partial charge in [0.1, 0.15) is 24.5 Å². The third-order valence-electron chi connectivity index (χ3n) is 2.91. The summed E-state index contributed by atoms with van der Waals surface area (Å²) in [5.41, 5.74) is 0.951. The quantitative estimate of drug-likeness (QED) is 0.906. The van der Waals surface area contributed by atoms with E-state index in [2.05, 4.69) is 31.3 Å². The second-order valence-corrected chi connectivity index (χ2v) is 5.20. The first-order chi connectivity index (χ1) is 9.58. The molecule has 2 rings (SSSR count). The van der Waals surface area contributed by atoms with Gasteiger partial charge in [0.15, 0.2) is 0 Å². The van der Waals surface area contributed by atoms with Gasteiger partial charge >= 0.3 is 0 Å². The highest BCUT2D eigenvalue weighted by atomic mass is 79.9. The molecule has 0 aliphatic carbocycles. The zero-order chi connectivity index (χ0) is 14.5. The number of carbonyl (C=O) groups is 1. The minimum absolute atomic E-state index is 0.128. The molecule has 1 heterocycles. The predicted octanol–water partition coefficient (Wildman–Crippen LogP) is 2.10. The van der Waals surface area contributed by atoms with Crippen LogP contribution in [0.15, 0.2) is 35.3 Å². The molecule has 0 saturated heterocycles. The normalized spacial score (nSPS) is 12.2. The lowest BCUT2D eigenvalue weighted by molar-refractivity contribution is -0.124. The largest absolute Gasteiger partial charge is 0.354 e. The van der Waals surface area contributed by atoms with E-state index in [1.807, 2.05) is 0 Å². The maximum atomic E-state index is 13.1. The third kappa shape index (κ3) is 3.63. The topological polar surface area (TPSA) is 59.8 Å². The van der Waals surface area contributed by atoms with Gasteiger partial charge in [-0.2, -0.15) is 5.10 Å². The lowest BCUT2D eigenvalue weighted by Crippen LogP contribution is -2.32. The molecule has 20 heavy (non-hydrogen) atoms. The van der Waals surface area contributed by atoms with E-state index in [0.29, 0.717) is 17.4 Å². The van der Waals surface area contributed by atoms with Crippen molar-refractivity contribution in [2.24, 2.45) is 0 Å². The Kier molecular flexibility index (Phi) is 4.84. The number of aromatic nitrogens is 3. The van der Waals surface area contributed by atoms with Crippen molar-refractivity contribution >= 4 is 21.8 Å². The molecule has 0 fully saturated rings. The van der Waals surface area contributed by atoms with E-state index in [1.165, 1.54) is 23.4 Å². The van der Waals surface area contributed by atoms with Crippen molar-refractivity contribution in [3.63, 3.8) is 0 Å². The van der Waals surface area contributed by atoms with Gasteiger partial charge in [-0.15, -0.1) is 0 Å². The summed E-state index contributed by atoms with van der Waals surface area (Å²) in [5, 5.41) is 6.74. The summed E-state index contributed by atoms with van der Waals surface area (Å²) in [7, 11) is 0. The molecule has 0 aliphatic heterocycles. The van der Waals surface area contributed by atoms with Crippen LogP contribution in [0.1, 0.15) is 18.5 Å². The molecule has 0 bridgehead atoms. The maximum Gasteiger partial charge on any atom is 0.244 e. The molecule has 1 N–H and O–H groups in total. The van der Waals surface area contributed by atoms with Crippen molar-refractivity contribution in [2.75, 3.05) is 6.54 Å². The number of benzene rings is 1. The monoisotopic (exact) mass is 340 g/mol. The number of hydrogen-bond donors (Lipinski definition) is 1. The fourth-order valence-corrected chi connectivity index (χ4v) is 2.14. The molecule has 0 aliphatic rings. The van der Waals surface area contributed by atoms with Gasteiger partial charge in [-0.1, -0.05) is 6.07 Å². The molecule has 5 nitrogen and oxygen atoms in total. The summed E-state index contributed by atoms with van der Waals surface area (Å²) < 4.78 is 15.0. The number of halogens is 2. The van der Waals surface area contributed by atoms with Gasteiger partial charge in [0.2, 0.25) is 5.91 Å². The molecule has 1 amide bonds. The Balaban J connectivity index is 1.83. The van der Waals surface area contributed by atoms with Gasteiger partial charge in [0.05, 0.1) is 4.47 Å². The Bertz CT molecular complexity index is 588. The van der Waals surface area contributed by atoms with Crippen LogP contribution in [0, 0.1) is 5.82 Å². The van der Waals surface area contributed by atoms with E-state index < -0.39 is 6.04 Å². The van der Waals surface area contributed by atoms with Gasteiger partial charge in [0.25, 0.3) is 0 Å². The number of nitrogens with zero attached hydrogens (tertiary/aromatic N) is 3. The van der Waals surface area contributed by atoms with Gasteiger partial charge < -0.3 is 5.32 Å². The van der Waals surface area contributed by atoms with Crippen LogP contribution in [0.5, 0.6) is 0 Å². The third-order valence-corrected chi connectivity index (χ3v) is 3.52. The Morgan fingerprint density at radius 2 is 2.35 bits per heavy atom. The number of rotatable bonds is 5. The van der Waals surface area contributed by atoms with E-state index in [-0.39, 0.29) is 11.7 Å². The molecule has 0 unspecified atom stereocenters. The lowest BCUT2D eigenvalue weighted by atomic mass is 10.1. The van der Waals surface area contributed by atoms with E-state index in [0.717, 1.165) is 5.56 Å². The van der Waals surface area contributed by atoms with Crippen LogP contribution < -0.4 is 5.32 Å². The molecule has 0 spiro atoms. The second-order valence-electron chi connectivity index (χ2n) is 4.34. The van der Waals surface area contributed by atoms with Crippen LogP contribution in [-0.2, 0) is 11.2 Å². The fourth-order valence-electron chi connectivity index (χ4n) is 1.71. The molecular weight excluding hydrogens is 327 g/mol. The predicted molar refractivity (Wildman–Crippen MR) is 75.5 cm³/mol. The average Bonchev–Trinajstić information content (AvgIpc) is 2.96. The summed E-state index contributed by atoms with van der Waals surface area (Å²) in [4.78, 5) is 15.7. The minimum Gasteiger partial charge on any atom is -0.354 e. The first-order valence-corrected chi connectivity index (χ1v) is 6.93. The summed E-state index contributed by atoms with van der Waals surface area (Å²) >= 11 is 3.14. The van der Waals surface area contributed by atoms with Crippen molar-refractivity contribution in [1.82, 2.24) is 20.1 Å². The Morgan fingerprint density at radius 3 is 3.00 bits per heavy atom. The Labute approximate surface area is 124 Å². The van der Waals surface area contributed by atoms with Crippen molar-refractivity contribution in [3.05, 3.63) is 46.7 Å². The van der Waals surface area contributed by atoms with Crippen molar-refractivity contribution in [2.45, 2.75) is 19.4 Å². The first-order valence-electron chi connectivity index (χ1n) is 6.13. The van der Waals surface area contributed by atoms with Crippen LogP contribution in [0.25, 0.3) is 0 Å². The van der Waals surface area contributed by atoms with Crippen LogP contribution in [-0.4, -0.2) is 27.2 Å². The summed E-state index contributed by atoms with van der Waals surface area (Å²) in [6.45, 7) is 2.23. The first kappa shape index (κ1) is 14.6. The highest BCUT2D eigenvalue weighted by Crippen LogP contribution is 2.16. The van der Waals surface area contributed by atoms with E-state index in [4.69, 9.17) is 0 Å². The smallest absolute Gasteiger partial charge is 0.244 e. The standard InChI is InChI=1S/C13H14BrFN4O/c1-9(19-8-16-7-18-19)13(20)17-5-4-10-2-3-12(15)11(14)6-10/h2-3,6-9H,4-5H2,1H3,(H,17,20)/t9-/m1/s1. The van der Waals surface area contributed by atoms with Crippen LogP contribution in [0.2, 0.25) is 0 Å². The van der Waals surface area contributed by atoms with Gasteiger partial charge in [-0.25, -0.2) is 14.1 Å². The zero-order valence-corrected chi connectivity index (χ0v) is 12.5. The molecule has 1 aromatic heterocycles. The molecule has 0 radical (unpaired) electrons. The number of nitrogens with one attached hydrogen (secondary N) is 1. The van der Waals surface area contributed by atoms with E-state index >= 15 is 0 Å². The second kappa shape index (κ2) is 6.60. The molecule has 1 atom stereocenters. The minimum atomic E-state index is -0.405.